The largest absolute Gasteiger partial charge is 0.497 e. The number of hydrogen-bond acceptors (Lipinski definition) is 4. The number of nitrogens with one attached hydrogen (secondary N) is 1. The van der Waals surface area contributed by atoms with Crippen molar-refractivity contribution in [3.05, 3.63) is 65.7 Å². The molecule has 0 saturated carbocycles. The number of ether oxygens (including phenoxy) is 1. The Labute approximate surface area is 141 Å². The van der Waals surface area contributed by atoms with Crippen LogP contribution in [-0.4, -0.2) is 33.5 Å². The molecule has 0 spiro atoms. The second-order valence-corrected chi connectivity index (χ2v) is 6.06. The van der Waals surface area contributed by atoms with Crippen molar-refractivity contribution in [2.45, 2.75) is 19.5 Å². The molecule has 3 aromatic rings. The summed E-state index contributed by atoms with van der Waals surface area (Å²) in [6, 6.07) is 12.2. The number of aromatic nitrogens is 3. The average Bonchev–Trinajstić information content (AvgIpc) is 3.06. The summed E-state index contributed by atoms with van der Waals surface area (Å²) < 4.78 is 5.31. The zero-order valence-electron chi connectivity index (χ0n) is 13.7. The fourth-order valence-corrected chi connectivity index (χ4v) is 3.14. The molecular weight excluding hydrogens is 300 g/mol. The van der Waals surface area contributed by atoms with Crippen molar-refractivity contribution in [3.63, 3.8) is 0 Å². The fourth-order valence-electron chi connectivity index (χ4n) is 3.14. The minimum Gasteiger partial charge on any atom is -0.497 e. The SMILES string of the molecule is COc1cccc(-c2nc3c([nH]2)CN(Cc2ccncc2)CC3)c1. The van der Waals surface area contributed by atoms with Crippen LogP contribution in [-0.2, 0) is 19.5 Å². The van der Waals surface area contributed by atoms with Gasteiger partial charge in [0.2, 0.25) is 0 Å². The minimum absolute atomic E-state index is 0.848. The molecule has 5 nitrogen and oxygen atoms in total. The first-order chi connectivity index (χ1) is 11.8. The molecule has 1 aromatic carbocycles. The van der Waals surface area contributed by atoms with Gasteiger partial charge in [0.05, 0.1) is 18.5 Å². The molecule has 0 radical (unpaired) electrons. The van der Waals surface area contributed by atoms with Crippen LogP contribution in [0.4, 0.5) is 0 Å². The van der Waals surface area contributed by atoms with Crippen LogP contribution in [0.15, 0.2) is 48.8 Å². The molecule has 0 aliphatic carbocycles. The van der Waals surface area contributed by atoms with Crippen LogP contribution < -0.4 is 4.74 Å². The van der Waals surface area contributed by atoms with Crippen LogP contribution in [0, 0.1) is 0 Å². The van der Waals surface area contributed by atoms with Crippen molar-refractivity contribution in [2.75, 3.05) is 13.7 Å². The third-order valence-corrected chi connectivity index (χ3v) is 4.41. The number of hydrogen-bond donors (Lipinski definition) is 1. The van der Waals surface area contributed by atoms with Gasteiger partial charge in [0.1, 0.15) is 11.6 Å². The quantitative estimate of drug-likeness (QED) is 0.803. The molecule has 1 aliphatic rings. The Morgan fingerprint density at radius 1 is 1.21 bits per heavy atom. The Balaban J connectivity index is 1.53. The molecule has 5 heteroatoms. The topological polar surface area (TPSA) is 54.0 Å². The second kappa shape index (κ2) is 6.45. The third-order valence-electron chi connectivity index (χ3n) is 4.41. The Kier molecular flexibility index (Phi) is 4.01. The van der Waals surface area contributed by atoms with E-state index in [2.05, 4.69) is 33.1 Å². The van der Waals surface area contributed by atoms with Gasteiger partial charge in [-0.1, -0.05) is 12.1 Å². The highest BCUT2D eigenvalue weighted by Gasteiger charge is 2.20. The molecule has 3 heterocycles. The van der Waals surface area contributed by atoms with E-state index in [1.807, 2.05) is 30.6 Å². The first-order valence-electron chi connectivity index (χ1n) is 8.15. The van der Waals surface area contributed by atoms with Crippen LogP contribution in [0.5, 0.6) is 5.75 Å². The standard InChI is InChI=1S/C19H20N4O/c1-24-16-4-2-3-15(11-16)19-21-17-7-10-23(13-18(17)22-19)12-14-5-8-20-9-6-14/h2-6,8-9,11H,7,10,12-13H2,1H3,(H,21,22). The first kappa shape index (κ1) is 14.9. The minimum atomic E-state index is 0.848. The van der Waals surface area contributed by atoms with Crippen LogP contribution in [0.25, 0.3) is 11.4 Å². The lowest BCUT2D eigenvalue weighted by atomic mass is 10.1. The van der Waals surface area contributed by atoms with E-state index in [-0.39, 0.29) is 0 Å². The third kappa shape index (κ3) is 3.03. The summed E-state index contributed by atoms with van der Waals surface area (Å²) in [5.74, 6) is 1.77. The van der Waals surface area contributed by atoms with Gasteiger partial charge in [-0.3, -0.25) is 9.88 Å². The van der Waals surface area contributed by atoms with Crippen molar-refractivity contribution in [2.24, 2.45) is 0 Å². The highest BCUT2D eigenvalue weighted by atomic mass is 16.5. The van der Waals surface area contributed by atoms with E-state index in [9.17, 15) is 0 Å². The number of methoxy groups -OCH3 is 1. The van der Waals surface area contributed by atoms with Crippen molar-refractivity contribution in [3.8, 4) is 17.1 Å². The summed E-state index contributed by atoms with van der Waals surface area (Å²) in [5, 5.41) is 0. The van der Waals surface area contributed by atoms with E-state index in [1.54, 1.807) is 7.11 Å². The Morgan fingerprint density at radius 3 is 2.92 bits per heavy atom. The maximum Gasteiger partial charge on any atom is 0.137 e. The molecule has 122 valence electrons. The van der Waals surface area contributed by atoms with Gasteiger partial charge >= 0.3 is 0 Å². The van der Waals surface area contributed by atoms with Gasteiger partial charge in [0.15, 0.2) is 0 Å². The molecule has 0 unspecified atom stereocenters. The van der Waals surface area contributed by atoms with Gasteiger partial charge < -0.3 is 9.72 Å². The zero-order chi connectivity index (χ0) is 16.4. The molecule has 0 fully saturated rings. The molecule has 24 heavy (non-hydrogen) atoms. The van der Waals surface area contributed by atoms with Crippen molar-refractivity contribution in [1.29, 1.82) is 0 Å². The summed E-state index contributed by atoms with van der Waals surface area (Å²) >= 11 is 0. The number of benzene rings is 1. The van der Waals surface area contributed by atoms with E-state index in [0.29, 0.717) is 0 Å². The highest BCUT2D eigenvalue weighted by Crippen LogP contribution is 2.25. The van der Waals surface area contributed by atoms with E-state index in [0.717, 1.165) is 43.2 Å². The van der Waals surface area contributed by atoms with Crippen molar-refractivity contribution < 1.29 is 4.74 Å². The van der Waals surface area contributed by atoms with Crippen molar-refractivity contribution >= 4 is 0 Å². The molecule has 1 aliphatic heterocycles. The fraction of sp³-hybridized carbons (Fsp3) is 0.263. The maximum absolute atomic E-state index is 5.31. The summed E-state index contributed by atoms with van der Waals surface area (Å²) in [6.07, 6.45) is 4.67. The van der Waals surface area contributed by atoms with Crippen LogP contribution in [0.2, 0.25) is 0 Å². The summed E-state index contributed by atoms with van der Waals surface area (Å²) in [6.45, 7) is 2.86. The van der Waals surface area contributed by atoms with Crippen LogP contribution in [0.3, 0.4) is 0 Å². The van der Waals surface area contributed by atoms with E-state index in [1.165, 1.54) is 17.0 Å². The van der Waals surface area contributed by atoms with E-state index >= 15 is 0 Å². The van der Waals surface area contributed by atoms with Crippen LogP contribution in [0.1, 0.15) is 17.0 Å². The Morgan fingerprint density at radius 2 is 2.08 bits per heavy atom. The predicted molar refractivity (Wildman–Crippen MR) is 92.6 cm³/mol. The Bertz CT molecular complexity index is 828. The number of H-pyrrole nitrogens is 1. The number of nitrogens with zero attached hydrogens (tertiary/aromatic N) is 3. The van der Waals surface area contributed by atoms with Gasteiger partial charge in [-0.05, 0) is 29.8 Å². The molecule has 0 atom stereocenters. The van der Waals surface area contributed by atoms with E-state index in [4.69, 9.17) is 9.72 Å². The molecule has 0 saturated heterocycles. The zero-order valence-corrected chi connectivity index (χ0v) is 13.7. The van der Waals surface area contributed by atoms with Gasteiger partial charge in [-0.15, -0.1) is 0 Å². The predicted octanol–water partition coefficient (Wildman–Crippen LogP) is 3.04. The first-order valence-corrected chi connectivity index (χ1v) is 8.15. The smallest absolute Gasteiger partial charge is 0.137 e. The number of aromatic amines is 1. The van der Waals surface area contributed by atoms with Gasteiger partial charge in [-0.2, -0.15) is 0 Å². The molecular formula is C19H20N4O. The normalized spacial score (nSPS) is 14.4. The van der Waals surface area contributed by atoms with Gasteiger partial charge in [0.25, 0.3) is 0 Å². The lowest BCUT2D eigenvalue weighted by Gasteiger charge is -2.25. The number of pyridine rings is 1. The maximum atomic E-state index is 5.31. The molecule has 0 bridgehead atoms. The summed E-state index contributed by atoms with van der Waals surface area (Å²) in [4.78, 5) is 14.8. The van der Waals surface area contributed by atoms with Crippen molar-refractivity contribution in [1.82, 2.24) is 19.9 Å². The number of rotatable bonds is 4. The monoisotopic (exact) mass is 320 g/mol. The number of fused-ring (bicyclic) bond motifs is 1. The molecule has 2 aromatic heterocycles. The molecule has 1 N–H and O–H groups in total. The Hall–Kier alpha value is -2.66. The van der Waals surface area contributed by atoms with Gasteiger partial charge in [-0.25, -0.2) is 4.98 Å². The lowest BCUT2D eigenvalue weighted by Crippen LogP contribution is -2.30. The summed E-state index contributed by atoms with van der Waals surface area (Å²) in [7, 11) is 1.68. The molecule has 4 rings (SSSR count). The average molecular weight is 320 g/mol. The molecule has 0 amide bonds. The van der Waals surface area contributed by atoms with Crippen LogP contribution >= 0.6 is 0 Å². The van der Waals surface area contributed by atoms with Gasteiger partial charge in [0, 0.05) is 44.0 Å². The second-order valence-electron chi connectivity index (χ2n) is 6.06. The summed E-state index contributed by atoms with van der Waals surface area (Å²) in [5.41, 5.74) is 4.75. The highest BCUT2D eigenvalue weighted by molar-refractivity contribution is 5.58. The van der Waals surface area contributed by atoms with E-state index < -0.39 is 0 Å². The lowest BCUT2D eigenvalue weighted by molar-refractivity contribution is 0.241. The number of imidazole rings is 1.